The van der Waals surface area contributed by atoms with Gasteiger partial charge in [-0.2, -0.15) is 10.5 Å². The Kier molecular flexibility index (Phi) is 6.22. The van der Waals surface area contributed by atoms with Crippen LogP contribution in [0, 0.1) is 22.7 Å². The standard InChI is InChI=1S/C44H26N4/c45-27-29-11-9-12-31(25-29)47-40-20-6-4-16-35(40)38-19-10-18-37(44(38)47)33-14-2-1-13-32(33)34-15-3-7-21-41(34)48-42-22-8-5-17-36(42)39-26-30(28-46)23-24-43(39)48/h1-26H. The van der Waals surface area contributed by atoms with E-state index in [-0.39, 0.29) is 0 Å². The van der Waals surface area contributed by atoms with Gasteiger partial charge in [-0.25, -0.2) is 0 Å². The van der Waals surface area contributed by atoms with Gasteiger partial charge in [-0.1, -0.05) is 103 Å². The van der Waals surface area contributed by atoms with E-state index >= 15 is 0 Å². The molecule has 0 unspecified atom stereocenters. The molecule has 222 valence electrons. The maximum absolute atomic E-state index is 9.77. The lowest BCUT2D eigenvalue weighted by Crippen LogP contribution is -1.99. The van der Waals surface area contributed by atoms with Gasteiger partial charge in [0.1, 0.15) is 0 Å². The lowest BCUT2D eigenvalue weighted by Gasteiger charge is -2.18. The van der Waals surface area contributed by atoms with Crippen LogP contribution in [0.3, 0.4) is 0 Å². The summed E-state index contributed by atoms with van der Waals surface area (Å²) < 4.78 is 4.62. The number of rotatable bonds is 4. The Morgan fingerprint density at radius 2 is 0.917 bits per heavy atom. The van der Waals surface area contributed by atoms with Crippen LogP contribution < -0.4 is 0 Å². The van der Waals surface area contributed by atoms with Crippen molar-refractivity contribution in [1.82, 2.24) is 9.13 Å². The van der Waals surface area contributed by atoms with E-state index in [4.69, 9.17) is 0 Å². The first-order chi connectivity index (χ1) is 23.7. The van der Waals surface area contributed by atoms with Gasteiger partial charge in [0, 0.05) is 38.4 Å². The third-order valence-corrected chi connectivity index (χ3v) is 9.38. The molecule has 48 heavy (non-hydrogen) atoms. The summed E-state index contributed by atoms with van der Waals surface area (Å²) in [6, 6.07) is 59.0. The predicted octanol–water partition coefficient (Wildman–Crippen LogP) is 11.0. The van der Waals surface area contributed by atoms with E-state index in [1.54, 1.807) is 0 Å². The Morgan fingerprint density at radius 3 is 1.69 bits per heavy atom. The summed E-state index contributed by atoms with van der Waals surface area (Å²) in [5, 5.41) is 23.9. The molecule has 2 heterocycles. The summed E-state index contributed by atoms with van der Waals surface area (Å²) in [4.78, 5) is 0. The van der Waals surface area contributed by atoms with Gasteiger partial charge in [-0.15, -0.1) is 0 Å². The monoisotopic (exact) mass is 610 g/mol. The van der Waals surface area contributed by atoms with Crippen LogP contribution in [0.2, 0.25) is 0 Å². The molecule has 0 bridgehead atoms. The molecule has 0 atom stereocenters. The third kappa shape index (κ3) is 4.07. The molecule has 7 aromatic carbocycles. The normalized spacial score (nSPS) is 11.3. The molecule has 4 heteroatoms. The molecule has 0 amide bonds. The van der Waals surface area contributed by atoms with Crippen molar-refractivity contribution in [2.45, 2.75) is 0 Å². The second-order valence-electron chi connectivity index (χ2n) is 12.0. The van der Waals surface area contributed by atoms with E-state index in [0.717, 1.165) is 77.2 Å². The maximum Gasteiger partial charge on any atom is 0.0992 e. The molecule has 0 saturated heterocycles. The molecule has 9 aromatic rings. The second-order valence-corrected chi connectivity index (χ2v) is 12.0. The van der Waals surface area contributed by atoms with Crippen molar-refractivity contribution in [1.29, 1.82) is 10.5 Å². The third-order valence-electron chi connectivity index (χ3n) is 9.38. The number of fused-ring (bicyclic) bond motifs is 6. The number of aromatic nitrogens is 2. The quantitative estimate of drug-likeness (QED) is 0.199. The Morgan fingerprint density at radius 1 is 0.375 bits per heavy atom. The minimum atomic E-state index is 0.623. The highest BCUT2D eigenvalue weighted by Gasteiger charge is 2.21. The first-order valence-electron chi connectivity index (χ1n) is 15.9. The first-order valence-corrected chi connectivity index (χ1v) is 15.9. The van der Waals surface area contributed by atoms with E-state index in [1.807, 2.05) is 30.3 Å². The number of hydrogen-bond donors (Lipinski definition) is 0. The van der Waals surface area contributed by atoms with E-state index < -0.39 is 0 Å². The Balaban J connectivity index is 1.35. The zero-order valence-electron chi connectivity index (χ0n) is 25.8. The molecule has 0 aliphatic carbocycles. The maximum atomic E-state index is 9.77. The number of hydrogen-bond acceptors (Lipinski definition) is 2. The van der Waals surface area contributed by atoms with E-state index in [1.165, 1.54) is 0 Å². The largest absolute Gasteiger partial charge is 0.309 e. The molecule has 2 aromatic heterocycles. The van der Waals surface area contributed by atoms with Gasteiger partial charge in [0.15, 0.2) is 0 Å². The highest BCUT2D eigenvalue weighted by molar-refractivity contribution is 6.15. The van der Waals surface area contributed by atoms with Crippen molar-refractivity contribution >= 4 is 43.6 Å². The Labute approximate surface area is 277 Å². The molecule has 0 aliphatic rings. The second kappa shape index (κ2) is 10.9. The molecule has 0 aliphatic heterocycles. The summed E-state index contributed by atoms with van der Waals surface area (Å²) in [6.07, 6.45) is 0. The van der Waals surface area contributed by atoms with Crippen LogP contribution in [0.4, 0.5) is 0 Å². The molecule has 0 saturated carbocycles. The lowest BCUT2D eigenvalue weighted by atomic mass is 9.92. The van der Waals surface area contributed by atoms with Crippen molar-refractivity contribution in [2.75, 3.05) is 0 Å². The van der Waals surface area contributed by atoms with E-state index in [9.17, 15) is 10.5 Å². The minimum absolute atomic E-state index is 0.623. The van der Waals surface area contributed by atoms with Crippen LogP contribution in [0.5, 0.6) is 0 Å². The van der Waals surface area contributed by atoms with Crippen LogP contribution >= 0.6 is 0 Å². The number of benzene rings is 7. The minimum Gasteiger partial charge on any atom is -0.309 e. The van der Waals surface area contributed by atoms with E-state index in [0.29, 0.717) is 11.1 Å². The fraction of sp³-hybridized carbons (Fsp3) is 0. The molecular formula is C44H26N4. The fourth-order valence-electron chi connectivity index (χ4n) is 7.37. The van der Waals surface area contributed by atoms with Crippen molar-refractivity contribution < 1.29 is 0 Å². The molecule has 0 radical (unpaired) electrons. The number of nitriles is 2. The fourth-order valence-corrected chi connectivity index (χ4v) is 7.37. The van der Waals surface area contributed by atoms with Crippen LogP contribution in [-0.2, 0) is 0 Å². The van der Waals surface area contributed by atoms with Gasteiger partial charge < -0.3 is 9.13 Å². The Bertz CT molecular complexity index is 2820. The number of para-hydroxylation sites is 4. The first kappa shape index (κ1) is 27.4. The van der Waals surface area contributed by atoms with Crippen molar-refractivity contribution in [2.24, 2.45) is 0 Å². The van der Waals surface area contributed by atoms with Crippen LogP contribution in [-0.4, -0.2) is 9.13 Å². The van der Waals surface area contributed by atoms with Crippen molar-refractivity contribution in [3.63, 3.8) is 0 Å². The van der Waals surface area contributed by atoms with Crippen LogP contribution in [0.25, 0.3) is 77.2 Å². The van der Waals surface area contributed by atoms with Crippen LogP contribution in [0.1, 0.15) is 11.1 Å². The summed E-state index contributed by atoms with van der Waals surface area (Å²) in [6.45, 7) is 0. The SMILES string of the molecule is N#Cc1cccc(-n2c3ccccc3c3cccc(-c4ccccc4-c4ccccc4-n4c5ccccc5c5cc(C#N)ccc54)c32)c1. The average molecular weight is 611 g/mol. The zero-order valence-corrected chi connectivity index (χ0v) is 25.8. The molecule has 9 rings (SSSR count). The summed E-state index contributed by atoms with van der Waals surface area (Å²) in [5.74, 6) is 0. The highest BCUT2D eigenvalue weighted by atomic mass is 15.0. The smallest absolute Gasteiger partial charge is 0.0992 e. The molecular weight excluding hydrogens is 585 g/mol. The molecule has 0 fully saturated rings. The summed E-state index contributed by atoms with van der Waals surface area (Å²) >= 11 is 0. The van der Waals surface area contributed by atoms with E-state index in [2.05, 4.69) is 149 Å². The summed E-state index contributed by atoms with van der Waals surface area (Å²) in [5.41, 5.74) is 12.1. The van der Waals surface area contributed by atoms with Crippen molar-refractivity contribution in [3.05, 3.63) is 169 Å². The van der Waals surface area contributed by atoms with Crippen LogP contribution in [0.15, 0.2) is 158 Å². The van der Waals surface area contributed by atoms with Gasteiger partial charge in [0.2, 0.25) is 0 Å². The topological polar surface area (TPSA) is 57.4 Å². The lowest BCUT2D eigenvalue weighted by molar-refractivity contribution is 1.18. The van der Waals surface area contributed by atoms with Gasteiger partial charge in [-0.05, 0) is 65.7 Å². The number of nitrogens with zero attached hydrogens (tertiary/aromatic N) is 4. The average Bonchev–Trinajstić information content (AvgIpc) is 3.67. The Hall–Kier alpha value is -6.88. The molecule has 4 nitrogen and oxygen atoms in total. The van der Waals surface area contributed by atoms with Gasteiger partial charge in [0.25, 0.3) is 0 Å². The molecule has 0 spiro atoms. The van der Waals surface area contributed by atoms with Gasteiger partial charge >= 0.3 is 0 Å². The van der Waals surface area contributed by atoms with Gasteiger partial charge in [0.05, 0.1) is 51.0 Å². The van der Waals surface area contributed by atoms with Crippen molar-refractivity contribution in [3.8, 4) is 45.8 Å². The summed E-state index contributed by atoms with van der Waals surface area (Å²) in [7, 11) is 0. The predicted molar refractivity (Wildman–Crippen MR) is 195 cm³/mol. The zero-order chi connectivity index (χ0) is 32.2. The van der Waals surface area contributed by atoms with Gasteiger partial charge in [-0.3, -0.25) is 0 Å². The molecule has 0 N–H and O–H groups in total. The highest BCUT2D eigenvalue weighted by Crippen LogP contribution is 2.43.